The predicted molar refractivity (Wildman–Crippen MR) is 52.6 cm³/mol. The smallest absolute Gasteiger partial charge is 0.0994 e. The summed E-state index contributed by atoms with van der Waals surface area (Å²) in [5, 5.41) is 8.96. The Bertz CT molecular complexity index is 385. The highest BCUT2D eigenvalue weighted by Crippen LogP contribution is 2.35. The molecule has 0 spiro atoms. The Morgan fingerprint density at radius 1 is 1.46 bits per heavy atom. The zero-order valence-corrected chi connectivity index (χ0v) is 8.09. The molecule has 1 aromatic rings. The summed E-state index contributed by atoms with van der Waals surface area (Å²) < 4.78 is 0. The average Bonchev–Trinajstić information content (AvgIpc) is 2.47. The highest BCUT2D eigenvalue weighted by molar-refractivity contribution is 5.49. The SMILES string of the molecule is Cc1cc(C#N)c2c(c1)C(C)CC2. The van der Waals surface area contributed by atoms with Crippen LogP contribution >= 0.6 is 0 Å². The van der Waals surface area contributed by atoms with Crippen molar-refractivity contribution in [3.8, 4) is 6.07 Å². The predicted octanol–water partition coefficient (Wildman–Crippen LogP) is 2.92. The van der Waals surface area contributed by atoms with E-state index in [9.17, 15) is 0 Å². The third-order valence-electron chi connectivity index (χ3n) is 2.91. The number of hydrogen-bond acceptors (Lipinski definition) is 1. The summed E-state index contributed by atoms with van der Waals surface area (Å²) in [6.07, 6.45) is 2.28. The Kier molecular flexibility index (Phi) is 1.84. The van der Waals surface area contributed by atoms with Crippen molar-refractivity contribution in [2.24, 2.45) is 0 Å². The standard InChI is InChI=1S/C12H13N/c1-8-5-10(7-13)11-4-3-9(2)12(11)6-8/h5-6,9H,3-4H2,1-2H3. The second kappa shape index (κ2) is 2.88. The van der Waals surface area contributed by atoms with Crippen LogP contribution < -0.4 is 0 Å². The molecule has 0 amide bonds. The van der Waals surface area contributed by atoms with Gasteiger partial charge in [-0.05, 0) is 48.4 Å². The van der Waals surface area contributed by atoms with Crippen molar-refractivity contribution in [1.82, 2.24) is 0 Å². The molecule has 0 aliphatic heterocycles. The molecule has 1 aliphatic carbocycles. The maximum atomic E-state index is 8.96. The van der Waals surface area contributed by atoms with Gasteiger partial charge in [-0.1, -0.05) is 13.0 Å². The molecule has 0 heterocycles. The number of benzene rings is 1. The van der Waals surface area contributed by atoms with Crippen LogP contribution in [-0.2, 0) is 6.42 Å². The third-order valence-corrected chi connectivity index (χ3v) is 2.91. The molecule has 66 valence electrons. The lowest BCUT2D eigenvalue weighted by Crippen LogP contribution is -1.91. The van der Waals surface area contributed by atoms with Crippen LogP contribution in [-0.4, -0.2) is 0 Å². The first-order valence-corrected chi connectivity index (χ1v) is 4.76. The van der Waals surface area contributed by atoms with Gasteiger partial charge in [0.1, 0.15) is 0 Å². The van der Waals surface area contributed by atoms with E-state index in [0.29, 0.717) is 5.92 Å². The summed E-state index contributed by atoms with van der Waals surface area (Å²) in [6, 6.07) is 6.52. The first-order valence-electron chi connectivity index (χ1n) is 4.76. The van der Waals surface area contributed by atoms with E-state index in [1.807, 2.05) is 6.07 Å². The Balaban J connectivity index is 2.65. The lowest BCUT2D eigenvalue weighted by Gasteiger charge is -2.06. The minimum absolute atomic E-state index is 0.641. The molecule has 1 aromatic carbocycles. The molecule has 13 heavy (non-hydrogen) atoms. The second-order valence-electron chi connectivity index (χ2n) is 3.93. The van der Waals surface area contributed by atoms with E-state index in [4.69, 9.17) is 5.26 Å². The monoisotopic (exact) mass is 171 g/mol. The second-order valence-corrected chi connectivity index (χ2v) is 3.93. The summed E-state index contributed by atoms with van der Waals surface area (Å²) in [4.78, 5) is 0. The Morgan fingerprint density at radius 3 is 2.92 bits per heavy atom. The van der Waals surface area contributed by atoms with E-state index in [-0.39, 0.29) is 0 Å². The molecule has 0 saturated heterocycles. The van der Waals surface area contributed by atoms with Crippen LogP contribution in [0, 0.1) is 18.3 Å². The zero-order valence-electron chi connectivity index (χ0n) is 8.09. The summed E-state index contributed by atoms with van der Waals surface area (Å²) in [5.74, 6) is 0.641. The van der Waals surface area contributed by atoms with Gasteiger partial charge in [-0.15, -0.1) is 0 Å². The molecular weight excluding hydrogens is 158 g/mol. The number of rotatable bonds is 0. The van der Waals surface area contributed by atoms with E-state index in [0.717, 1.165) is 12.0 Å². The summed E-state index contributed by atoms with van der Waals surface area (Å²) in [6.45, 7) is 4.30. The normalized spacial score (nSPS) is 19.6. The Labute approximate surface area is 79.0 Å². The van der Waals surface area contributed by atoms with Gasteiger partial charge >= 0.3 is 0 Å². The minimum atomic E-state index is 0.641. The largest absolute Gasteiger partial charge is 0.192 e. The average molecular weight is 171 g/mol. The third kappa shape index (κ3) is 1.23. The molecule has 1 atom stereocenters. The van der Waals surface area contributed by atoms with Crippen LogP contribution in [0.2, 0.25) is 0 Å². The molecule has 1 unspecified atom stereocenters. The number of hydrogen-bond donors (Lipinski definition) is 0. The molecule has 1 nitrogen and oxygen atoms in total. The maximum absolute atomic E-state index is 8.96. The van der Waals surface area contributed by atoms with Crippen LogP contribution in [0.3, 0.4) is 0 Å². The topological polar surface area (TPSA) is 23.8 Å². The van der Waals surface area contributed by atoms with E-state index in [1.54, 1.807) is 0 Å². The van der Waals surface area contributed by atoms with Gasteiger partial charge in [0.05, 0.1) is 11.6 Å². The van der Waals surface area contributed by atoms with Crippen molar-refractivity contribution in [2.45, 2.75) is 32.6 Å². The molecule has 1 aliphatic rings. The highest BCUT2D eigenvalue weighted by atomic mass is 14.3. The summed E-state index contributed by atoms with van der Waals surface area (Å²) >= 11 is 0. The van der Waals surface area contributed by atoms with Gasteiger partial charge in [-0.25, -0.2) is 0 Å². The fourth-order valence-corrected chi connectivity index (χ4v) is 2.18. The van der Waals surface area contributed by atoms with E-state index < -0.39 is 0 Å². The van der Waals surface area contributed by atoms with E-state index in [1.165, 1.54) is 23.1 Å². The van der Waals surface area contributed by atoms with Crippen LogP contribution in [0.5, 0.6) is 0 Å². The fraction of sp³-hybridized carbons (Fsp3) is 0.417. The molecular formula is C12H13N. The summed E-state index contributed by atoms with van der Waals surface area (Å²) in [7, 11) is 0. The lowest BCUT2D eigenvalue weighted by atomic mass is 9.97. The summed E-state index contributed by atoms with van der Waals surface area (Å²) in [5.41, 5.74) is 4.79. The quantitative estimate of drug-likeness (QED) is 0.588. The van der Waals surface area contributed by atoms with Crippen molar-refractivity contribution in [2.75, 3.05) is 0 Å². The van der Waals surface area contributed by atoms with Crippen LogP contribution in [0.1, 0.15) is 41.5 Å². The number of aryl methyl sites for hydroxylation is 1. The number of nitriles is 1. The van der Waals surface area contributed by atoms with Crippen LogP contribution in [0.25, 0.3) is 0 Å². The van der Waals surface area contributed by atoms with E-state index in [2.05, 4.69) is 26.0 Å². The zero-order chi connectivity index (χ0) is 9.42. The van der Waals surface area contributed by atoms with Crippen molar-refractivity contribution in [3.05, 3.63) is 34.4 Å². The van der Waals surface area contributed by atoms with Crippen molar-refractivity contribution < 1.29 is 0 Å². The van der Waals surface area contributed by atoms with Gasteiger partial charge in [0.2, 0.25) is 0 Å². The van der Waals surface area contributed by atoms with Gasteiger partial charge in [0, 0.05) is 0 Å². The highest BCUT2D eigenvalue weighted by Gasteiger charge is 2.21. The molecule has 2 rings (SSSR count). The Hall–Kier alpha value is -1.29. The molecule has 0 saturated carbocycles. The van der Waals surface area contributed by atoms with Gasteiger partial charge in [0.15, 0.2) is 0 Å². The van der Waals surface area contributed by atoms with Crippen molar-refractivity contribution in [3.63, 3.8) is 0 Å². The van der Waals surface area contributed by atoms with Gasteiger partial charge < -0.3 is 0 Å². The molecule has 0 N–H and O–H groups in total. The first kappa shape index (κ1) is 8.31. The van der Waals surface area contributed by atoms with Gasteiger partial charge in [-0.2, -0.15) is 5.26 Å². The minimum Gasteiger partial charge on any atom is -0.192 e. The fourth-order valence-electron chi connectivity index (χ4n) is 2.18. The molecule has 0 radical (unpaired) electrons. The van der Waals surface area contributed by atoms with Crippen LogP contribution in [0.4, 0.5) is 0 Å². The van der Waals surface area contributed by atoms with Crippen LogP contribution in [0.15, 0.2) is 12.1 Å². The molecule has 1 heteroatoms. The number of nitrogens with zero attached hydrogens (tertiary/aromatic N) is 1. The van der Waals surface area contributed by atoms with E-state index >= 15 is 0 Å². The molecule has 0 aromatic heterocycles. The maximum Gasteiger partial charge on any atom is 0.0994 e. The number of fused-ring (bicyclic) bond motifs is 1. The lowest BCUT2D eigenvalue weighted by molar-refractivity contribution is 0.747. The van der Waals surface area contributed by atoms with Gasteiger partial charge in [-0.3, -0.25) is 0 Å². The van der Waals surface area contributed by atoms with Gasteiger partial charge in [0.25, 0.3) is 0 Å². The molecule has 0 fully saturated rings. The van der Waals surface area contributed by atoms with Crippen molar-refractivity contribution >= 4 is 0 Å². The van der Waals surface area contributed by atoms with Crippen molar-refractivity contribution in [1.29, 1.82) is 5.26 Å². The molecule has 0 bridgehead atoms. The Morgan fingerprint density at radius 2 is 2.23 bits per heavy atom. The first-order chi connectivity index (χ1) is 6.22.